The molecule has 1 aliphatic heterocycles. The molecule has 0 spiro atoms. The lowest BCUT2D eigenvalue weighted by Gasteiger charge is -2.35. The molecule has 1 aliphatic rings. The number of nitrogens with zero attached hydrogens (tertiary/aromatic N) is 3. The molecular weight excluding hydrogens is 516 g/mol. The van der Waals surface area contributed by atoms with Crippen LogP contribution in [0, 0.1) is 0 Å². The van der Waals surface area contributed by atoms with Crippen molar-refractivity contribution in [2.45, 2.75) is 31.8 Å². The van der Waals surface area contributed by atoms with Crippen LogP contribution in [0.25, 0.3) is 0 Å². The Kier molecular flexibility index (Phi) is 12.5. The Labute approximate surface area is 235 Å². The van der Waals surface area contributed by atoms with Crippen LogP contribution < -0.4 is 14.8 Å². The van der Waals surface area contributed by atoms with Crippen molar-refractivity contribution in [3.8, 4) is 17.2 Å². The highest BCUT2D eigenvalue weighted by molar-refractivity contribution is 5.95. The molecule has 11 nitrogen and oxygen atoms in total. The SMILES string of the molecule is COc1cc(C(=O)NCCC(=O)N2CCN(CCC(CCCO)O/N=C/c3ccccc3)CC2)cc(O)c1OC. The molecule has 3 N–H and O–H groups in total. The summed E-state index contributed by atoms with van der Waals surface area (Å²) < 4.78 is 10.2. The van der Waals surface area contributed by atoms with Gasteiger partial charge in [-0.3, -0.25) is 14.5 Å². The van der Waals surface area contributed by atoms with Crippen molar-refractivity contribution in [3.05, 3.63) is 53.6 Å². The zero-order valence-electron chi connectivity index (χ0n) is 23.3. The van der Waals surface area contributed by atoms with Gasteiger partial charge in [-0.1, -0.05) is 35.5 Å². The van der Waals surface area contributed by atoms with E-state index in [1.807, 2.05) is 35.2 Å². The lowest BCUT2D eigenvalue weighted by Crippen LogP contribution is -2.49. The largest absolute Gasteiger partial charge is 0.504 e. The van der Waals surface area contributed by atoms with Crippen LogP contribution in [0.2, 0.25) is 0 Å². The molecule has 3 rings (SSSR count). The number of oxime groups is 1. The molecule has 2 amide bonds. The van der Waals surface area contributed by atoms with Gasteiger partial charge in [-0.25, -0.2) is 0 Å². The third-order valence-electron chi connectivity index (χ3n) is 6.73. The Balaban J connectivity index is 1.38. The molecule has 40 heavy (non-hydrogen) atoms. The lowest BCUT2D eigenvalue weighted by atomic mass is 10.1. The van der Waals surface area contributed by atoms with E-state index in [-0.39, 0.29) is 54.4 Å². The van der Waals surface area contributed by atoms with E-state index in [0.29, 0.717) is 19.5 Å². The van der Waals surface area contributed by atoms with E-state index in [1.165, 1.54) is 26.4 Å². The first-order valence-electron chi connectivity index (χ1n) is 13.5. The monoisotopic (exact) mass is 556 g/mol. The lowest BCUT2D eigenvalue weighted by molar-refractivity contribution is -0.132. The van der Waals surface area contributed by atoms with Gasteiger partial charge in [0.1, 0.15) is 6.10 Å². The highest BCUT2D eigenvalue weighted by Crippen LogP contribution is 2.37. The average molecular weight is 557 g/mol. The third kappa shape index (κ3) is 9.42. The Morgan fingerprint density at radius 3 is 2.50 bits per heavy atom. The smallest absolute Gasteiger partial charge is 0.251 e. The molecule has 0 bridgehead atoms. The van der Waals surface area contributed by atoms with Crippen LogP contribution in [0.1, 0.15) is 41.6 Å². The van der Waals surface area contributed by atoms with Gasteiger partial charge in [-0.15, -0.1) is 0 Å². The molecule has 2 aromatic carbocycles. The van der Waals surface area contributed by atoms with Crippen LogP contribution >= 0.6 is 0 Å². The van der Waals surface area contributed by atoms with Gasteiger partial charge in [-0.2, -0.15) is 0 Å². The topological polar surface area (TPSA) is 133 Å². The third-order valence-corrected chi connectivity index (χ3v) is 6.73. The molecular formula is C29H40N4O7. The molecule has 0 aromatic heterocycles. The van der Waals surface area contributed by atoms with Crippen LogP contribution in [0.15, 0.2) is 47.6 Å². The molecule has 1 fully saturated rings. The van der Waals surface area contributed by atoms with E-state index in [2.05, 4.69) is 15.4 Å². The fraction of sp³-hybridized carbons (Fsp3) is 0.483. The summed E-state index contributed by atoms with van der Waals surface area (Å²) in [5.74, 6) is -0.243. The molecule has 0 aliphatic carbocycles. The summed E-state index contributed by atoms with van der Waals surface area (Å²) in [6, 6.07) is 12.5. The summed E-state index contributed by atoms with van der Waals surface area (Å²) in [7, 11) is 2.82. The van der Waals surface area contributed by atoms with Gasteiger partial charge >= 0.3 is 0 Å². The second-order valence-corrected chi connectivity index (χ2v) is 9.49. The fourth-order valence-corrected chi connectivity index (χ4v) is 4.45. The number of piperazine rings is 1. The van der Waals surface area contributed by atoms with Crippen LogP contribution in [0.4, 0.5) is 0 Å². The summed E-state index contributed by atoms with van der Waals surface area (Å²) in [4.78, 5) is 35.1. The van der Waals surface area contributed by atoms with Crippen molar-refractivity contribution in [1.29, 1.82) is 0 Å². The summed E-state index contributed by atoms with van der Waals surface area (Å²) >= 11 is 0. The number of carbonyl (C=O) groups is 2. The molecule has 0 saturated carbocycles. The fourth-order valence-electron chi connectivity index (χ4n) is 4.45. The zero-order valence-corrected chi connectivity index (χ0v) is 23.3. The van der Waals surface area contributed by atoms with Crippen molar-refractivity contribution in [2.75, 3.05) is 60.1 Å². The maximum atomic E-state index is 12.7. The van der Waals surface area contributed by atoms with Gasteiger partial charge < -0.3 is 34.7 Å². The average Bonchev–Trinajstić information content (AvgIpc) is 2.98. The number of phenolic OH excluding ortho intramolecular Hbond substituents is 1. The van der Waals surface area contributed by atoms with E-state index in [0.717, 1.165) is 38.0 Å². The van der Waals surface area contributed by atoms with Crippen molar-refractivity contribution in [1.82, 2.24) is 15.1 Å². The molecule has 1 heterocycles. The number of hydrogen-bond acceptors (Lipinski definition) is 9. The number of methoxy groups -OCH3 is 2. The van der Waals surface area contributed by atoms with Gasteiger partial charge in [0.15, 0.2) is 11.5 Å². The summed E-state index contributed by atoms with van der Waals surface area (Å²) in [6.45, 7) is 3.84. The van der Waals surface area contributed by atoms with Crippen LogP contribution in [0.5, 0.6) is 17.2 Å². The van der Waals surface area contributed by atoms with E-state index < -0.39 is 5.91 Å². The van der Waals surface area contributed by atoms with E-state index in [1.54, 1.807) is 6.21 Å². The molecule has 218 valence electrons. The highest BCUT2D eigenvalue weighted by atomic mass is 16.6. The number of ether oxygens (including phenoxy) is 2. The highest BCUT2D eigenvalue weighted by Gasteiger charge is 2.22. The number of aromatic hydroxyl groups is 1. The maximum absolute atomic E-state index is 12.7. The molecule has 1 unspecified atom stereocenters. The number of carbonyl (C=O) groups excluding carboxylic acids is 2. The Hall–Kier alpha value is -3.83. The van der Waals surface area contributed by atoms with Crippen molar-refractivity contribution in [3.63, 3.8) is 0 Å². The number of aliphatic hydroxyl groups is 1. The van der Waals surface area contributed by atoms with Gasteiger partial charge in [-0.05, 0) is 37.0 Å². The number of nitrogens with one attached hydrogen (secondary N) is 1. The maximum Gasteiger partial charge on any atom is 0.251 e. The first-order valence-corrected chi connectivity index (χ1v) is 13.5. The first kappa shape index (κ1) is 30.7. The Morgan fingerprint density at radius 1 is 1.07 bits per heavy atom. The normalized spacial score (nSPS) is 14.6. The molecule has 1 atom stereocenters. The van der Waals surface area contributed by atoms with Crippen LogP contribution in [-0.2, 0) is 9.63 Å². The number of phenols is 1. The quantitative estimate of drug-likeness (QED) is 0.225. The number of rotatable bonds is 15. The molecule has 0 radical (unpaired) electrons. The minimum Gasteiger partial charge on any atom is -0.504 e. The van der Waals surface area contributed by atoms with Gasteiger partial charge in [0.25, 0.3) is 5.91 Å². The van der Waals surface area contributed by atoms with Crippen LogP contribution in [-0.4, -0.2) is 104 Å². The number of hydrogen-bond donors (Lipinski definition) is 3. The number of aliphatic hydroxyl groups excluding tert-OH is 1. The Bertz CT molecular complexity index is 1110. The Morgan fingerprint density at radius 2 is 1.82 bits per heavy atom. The predicted molar refractivity (Wildman–Crippen MR) is 151 cm³/mol. The van der Waals surface area contributed by atoms with Gasteiger partial charge in [0.05, 0.1) is 20.4 Å². The summed E-state index contributed by atoms with van der Waals surface area (Å²) in [5, 5.41) is 26.2. The minimum absolute atomic E-state index is 0.0190. The second-order valence-electron chi connectivity index (χ2n) is 9.49. The van der Waals surface area contributed by atoms with E-state index >= 15 is 0 Å². The predicted octanol–water partition coefficient (Wildman–Crippen LogP) is 2.26. The molecule has 2 aromatic rings. The standard InChI is InChI=1S/C29H40N4O7/c1-38-26-20-23(19-25(35)28(26)39-2)29(37)30-12-10-27(36)33-16-14-32(15-17-33)13-11-24(9-6-18-34)40-31-21-22-7-4-3-5-8-22/h3-5,7-8,19-21,24,34-35H,6,9-18H2,1-2H3,(H,30,37)/b31-21+. The number of benzene rings is 2. The van der Waals surface area contributed by atoms with Crippen LogP contribution in [0.3, 0.4) is 0 Å². The van der Waals surface area contributed by atoms with Crippen molar-refractivity contribution < 1.29 is 34.1 Å². The summed E-state index contributed by atoms with van der Waals surface area (Å²) in [5.41, 5.74) is 1.17. The minimum atomic E-state index is -0.417. The van der Waals surface area contributed by atoms with Gasteiger partial charge in [0.2, 0.25) is 11.7 Å². The molecule has 11 heteroatoms. The van der Waals surface area contributed by atoms with Gasteiger partial charge in [0, 0.05) is 57.9 Å². The van der Waals surface area contributed by atoms with Crippen molar-refractivity contribution in [2.24, 2.45) is 5.16 Å². The van der Waals surface area contributed by atoms with E-state index in [4.69, 9.17) is 14.3 Å². The van der Waals surface area contributed by atoms with E-state index in [9.17, 15) is 19.8 Å². The first-order chi connectivity index (χ1) is 19.4. The second kappa shape index (κ2) is 16.3. The zero-order chi connectivity index (χ0) is 28.7. The van der Waals surface area contributed by atoms with Crippen molar-refractivity contribution >= 4 is 18.0 Å². The number of amides is 2. The summed E-state index contributed by atoms with van der Waals surface area (Å²) in [6.07, 6.45) is 3.92. The molecule has 1 saturated heterocycles.